The summed E-state index contributed by atoms with van der Waals surface area (Å²) in [5, 5.41) is 3.07. The average molecular weight is 426 g/mol. The monoisotopic (exact) mass is 425 g/mol. The third-order valence-electron chi connectivity index (χ3n) is 4.91. The first-order valence-corrected chi connectivity index (χ1v) is 9.14. The van der Waals surface area contributed by atoms with E-state index in [-0.39, 0.29) is 42.7 Å². The summed E-state index contributed by atoms with van der Waals surface area (Å²) in [5.41, 5.74) is 9.24. The fourth-order valence-electron chi connectivity index (χ4n) is 3.15. The van der Waals surface area contributed by atoms with E-state index in [9.17, 15) is 4.79 Å². The number of amides is 1. The number of para-hydroxylation sites is 1. The minimum atomic E-state index is -0.331. The number of nitrogens with two attached hydrogens (primary N) is 1. The fraction of sp³-hybridized carbons (Fsp3) is 0.381. The lowest BCUT2D eigenvalue weighted by atomic mass is 9.94. The number of hydrogen-bond donors (Lipinski definition) is 2. The van der Waals surface area contributed by atoms with E-state index in [4.69, 9.17) is 10.5 Å². The molecule has 1 amide bonds. The molecule has 7 heteroatoms. The first-order chi connectivity index (χ1) is 12.6. The average Bonchev–Trinajstić information content (AvgIpc) is 2.69. The van der Waals surface area contributed by atoms with Gasteiger partial charge in [-0.15, -0.1) is 24.8 Å². The van der Waals surface area contributed by atoms with Gasteiger partial charge in [-0.05, 0) is 17.2 Å². The van der Waals surface area contributed by atoms with Crippen LogP contribution in [-0.4, -0.2) is 37.1 Å². The zero-order valence-electron chi connectivity index (χ0n) is 16.0. The normalized spacial score (nSPS) is 16.2. The summed E-state index contributed by atoms with van der Waals surface area (Å²) in [7, 11) is 0. The molecule has 2 aromatic rings. The Kier molecular flexibility index (Phi) is 10.5. The Bertz CT molecular complexity index is 725. The highest BCUT2D eigenvalue weighted by atomic mass is 35.5. The molecular formula is C21H29Cl2N3O2. The Balaban J connectivity index is 0.00000196. The quantitative estimate of drug-likeness (QED) is 0.740. The molecule has 2 unspecified atom stereocenters. The van der Waals surface area contributed by atoms with Crippen LogP contribution in [0.15, 0.2) is 54.6 Å². The van der Waals surface area contributed by atoms with E-state index in [2.05, 4.69) is 16.3 Å². The molecule has 0 aromatic heterocycles. The second-order valence-electron chi connectivity index (χ2n) is 6.76. The molecule has 1 aliphatic rings. The molecule has 2 aromatic carbocycles. The Hall–Kier alpha value is -1.63. The van der Waals surface area contributed by atoms with Gasteiger partial charge in [0.2, 0.25) is 5.91 Å². The van der Waals surface area contributed by atoms with Crippen molar-refractivity contribution in [1.82, 2.24) is 4.90 Å². The number of nitrogens with zero attached hydrogens (tertiary/aromatic N) is 1. The van der Waals surface area contributed by atoms with Gasteiger partial charge >= 0.3 is 0 Å². The Morgan fingerprint density at radius 3 is 2.36 bits per heavy atom. The molecular weight excluding hydrogens is 397 g/mol. The third kappa shape index (κ3) is 6.47. The second kappa shape index (κ2) is 12.0. The maximum atomic E-state index is 12.7. The number of carbonyl (C=O) groups excluding carboxylic acids is 1. The minimum absolute atomic E-state index is 0. The lowest BCUT2D eigenvalue weighted by Crippen LogP contribution is -2.36. The van der Waals surface area contributed by atoms with E-state index in [1.54, 1.807) is 0 Å². The molecule has 1 heterocycles. The molecule has 3 rings (SSSR count). The first kappa shape index (κ1) is 24.4. The van der Waals surface area contributed by atoms with Crippen LogP contribution in [0.2, 0.25) is 0 Å². The molecule has 1 saturated heterocycles. The van der Waals surface area contributed by atoms with Gasteiger partial charge in [0.1, 0.15) is 0 Å². The summed E-state index contributed by atoms with van der Waals surface area (Å²) >= 11 is 0. The maximum absolute atomic E-state index is 12.7. The van der Waals surface area contributed by atoms with E-state index in [1.807, 2.05) is 55.5 Å². The Morgan fingerprint density at radius 2 is 1.68 bits per heavy atom. The van der Waals surface area contributed by atoms with Crippen molar-refractivity contribution in [3.63, 3.8) is 0 Å². The number of morpholine rings is 1. The highest BCUT2D eigenvalue weighted by Crippen LogP contribution is 2.23. The van der Waals surface area contributed by atoms with Crippen molar-refractivity contribution < 1.29 is 9.53 Å². The molecule has 0 radical (unpaired) electrons. The van der Waals surface area contributed by atoms with Crippen LogP contribution in [0.25, 0.3) is 0 Å². The van der Waals surface area contributed by atoms with Gasteiger partial charge in [-0.3, -0.25) is 9.69 Å². The van der Waals surface area contributed by atoms with Crippen LogP contribution >= 0.6 is 24.8 Å². The van der Waals surface area contributed by atoms with Gasteiger partial charge in [0.15, 0.2) is 0 Å². The van der Waals surface area contributed by atoms with Gasteiger partial charge in [-0.2, -0.15) is 0 Å². The van der Waals surface area contributed by atoms with Crippen molar-refractivity contribution in [2.45, 2.75) is 19.5 Å². The van der Waals surface area contributed by atoms with Gasteiger partial charge in [-0.25, -0.2) is 0 Å². The van der Waals surface area contributed by atoms with Crippen LogP contribution in [0.5, 0.6) is 0 Å². The lowest BCUT2D eigenvalue weighted by molar-refractivity contribution is -0.120. The number of benzene rings is 2. The number of halogens is 2. The standard InChI is InChI=1S/C21H27N3O2.2ClH/c1-16(20(22)17-7-3-2-4-8-17)21(25)23-19-10-6-5-9-18(19)15-24-11-13-26-14-12-24;;/h2-10,16,20H,11-15,22H2,1H3,(H,23,25);2*1H. The Labute approximate surface area is 179 Å². The highest BCUT2D eigenvalue weighted by Gasteiger charge is 2.23. The number of ether oxygens (including phenoxy) is 1. The lowest BCUT2D eigenvalue weighted by Gasteiger charge is -2.27. The van der Waals surface area contributed by atoms with Gasteiger partial charge in [-0.1, -0.05) is 55.5 Å². The number of nitrogens with one attached hydrogen (secondary N) is 1. The largest absolute Gasteiger partial charge is 0.379 e. The third-order valence-corrected chi connectivity index (χ3v) is 4.91. The summed E-state index contributed by atoms with van der Waals surface area (Å²) in [6, 6.07) is 17.4. The minimum Gasteiger partial charge on any atom is -0.379 e. The number of hydrogen-bond acceptors (Lipinski definition) is 4. The smallest absolute Gasteiger partial charge is 0.229 e. The molecule has 154 valence electrons. The van der Waals surface area contributed by atoms with Crippen LogP contribution in [0, 0.1) is 5.92 Å². The van der Waals surface area contributed by atoms with E-state index in [0.717, 1.165) is 49.7 Å². The van der Waals surface area contributed by atoms with Crippen molar-refractivity contribution in [1.29, 1.82) is 0 Å². The van der Waals surface area contributed by atoms with E-state index in [0.29, 0.717) is 0 Å². The second-order valence-corrected chi connectivity index (χ2v) is 6.76. The summed E-state index contributed by atoms with van der Waals surface area (Å²) < 4.78 is 5.41. The predicted molar refractivity (Wildman–Crippen MR) is 118 cm³/mol. The molecule has 3 N–H and O–H groups in total. The molecule has 2 atom stereocenters. The van der Waals surface area contributed by atoms with Crippen molar-refractivity contribution >= 4 is 36.4 Å². The van der Waals surface area contributed by atoms with E-state index in [1.165, 1.54) is 0 Å². The summed E-state index contributed by atoms with van der Waals surface area (Å²) in [6.45, 7) is 6.03. The first-order valence-electron chi connectivity index (χ1n) is 9.14. The number of carbonyl (C=O) groups is 1. The van der Waals surface area contributed by atoms with E-state index < -0.39 is 0 Å². The van der Waals surface area contributed by atoms with Crippen LogP contribution in [-0.2, 0) is 16.1 Å². The van der Waals surface area contributed by atoms with Crippen molar-refractivity contribution in [2.75, 3.05) is 31.6 Å². The topological polar surface area (TPSA) is 67.6 Å². The van der Waals surface area contributed by atoms with Crippen LogP contribution in [0.4, 0.5) is 5.69 Å². The molecule has 0 saturated carbocycles. The summed E-state index contributed by atoms with van der Waals surface area (Å²) in [4.78, 5) is 15.1. The Morgan fingerprint density at radius 1 is 1.07 bits per heavy atom. The molecule has 1 aliphatic heterocycles. The van der Waals surface area contributed by atoms with Crippen LogP contribution in [0.1, 0.15) is 24.1 Å². The molecule has 0 aliphatic carbocycles. The maximum Gasteiger partial charge on any atom is 0.229 e. The molecule has 0 spiro atoms. The number of rotatable bonds is 6. The predicted octanol–water partition coefficient (Wildman–Crippen LogP) is 3.64. The zero-order valence-corrected chi connectivity index (χ0v) is 17.7. The van der Waals surface area contributed by atoms with Crippen LogP contribution < -0.4 is 11.1 Å². The molecule has 5 nitrogen and oxygen atoms in total. The molecule has 0 bridgehead atoms. The van der Waals surface area contributed by atoms with Crippen LogP contribution in [0.3, 0.4) is 0 Å². The van der Waals surface area contributed by atoms with Gasteiger partial charge < -0.3 is 15.8 Å². The van der Waals surface area contributed by atoms with Gasteiger partial charge in [0.25, 0.3) is 0 Å². The van der Waals surface area contributed by atoms with Crippen molar-refractivity contribution in [3.8, 4) is 0 Å². The fourth-order valence-corrected chi connectivity index (χ4v) is 3.15. The number of anilines is 1. The van der Waals surface area contributed by atoms with Crippen molar-refractivity contribution in [3.05, 3.63) is 65.7 Å². The summed E-state index contributed by atoms with van der Waals surface area (Å²) in [6.07, 6.45) is 0. The molecule has 28 heavy (non-hydrogen) atoms. The molecule has 1 fully saturated rings. The zero-order chi connectivity index (χ0) is 18.4. The highest BCUT2D eigenvalue weighted by molar-refractivity contribution is 5.93. The SMILES string of the molecule is CC(C(=O)Nc1ccccc1CN1CCOCC1)C(N)c1ccccc1.Cl.Cl. The summed E-state index contributed by atoms with van der Waals surface area (Å²) in [5.74, 6) is -0.385. The van der Waals surface area contributed by atoms with E-state index >= 15 is 0 Å². The van der Waals surface area contributed by atoms with Crippen molar-refractivity contribution in [2.24, 2.45) is 11.7 Å². The van der Waals surface area contributed by atoms with Gasteiger partial charge in [0.05, 0.1) is 19.1 Å². The van der Waals surface area contributed by atoms with Gasteiger partial charge in [0, 0.05) is 31.4 Å².